The molecule has 2 N–H and O–H groups in total. The minimum absolute atomic E-state index is 1.29. The third-order valence-electron chi connectivity index (χ3n) is 2.61. The van der Waals surface area contributed by atoms with E-state index >= 15 is 0 Å². The Bertz CT molecular complexity index is 101. The van der Waals surface area contributed by atoms with Crippen LogP contribution in [0.25, 0.3) is 0 Å². The second-order valence-electron chi connectivity index (χ2n) is 3.60. The molecular weight excluding hydrogens is 138 g/mol. The van der Waals surface area contributed by atoms with Crippen molar-refractivity contribution in [2.45, 2.75) is 25.7 Å². The average molecular weight is 156 g/mol. The number of hydrogen-bond acceptors (Lipinski definition) is 2. The molecule has 2 fully saturated rings. The van der Waals surface area contributed by atoms with Gasteiger partial charge in [0, 0.05) is 26.2 Å². The van der Waals surface area contributed by atoms with Gasteiger partial charge in [-0.2, -0.15) is 5.53 Å². The molecule has 3 heteroatoms. The van der Waals surface area contributed by atoms with Crippen LogP contribution in [0.1, 0.15) is 25.7 Å². The molecule has 0 radical (unpaired) electrons. The molecule has 2 aliphatic rings. The summed E-state index contributed by atoms with van der Waals surface area (Å²) >= 11 is 0. The molecule has 0 saturated carbocycles. The number of nitrogens with two attached hydrogens (primary N) is 1. The van der Waals surface area contributed by atoms with Crippen molar-refractivity contribution in [2.75, 3.05) is 26.2 Å². The molecular formula is C8H18N3+. The van der Waals surface area contributed by atoms with Crippen LogP contribution >= 0.6 is 0 Å². The third kappa shape index (κ3) is 1.92. The molecule has 0 atom stereocenters. The Kier molecular flexibility index (Phi) is 2.41. The Morgan fingerprint density at radius 3 is 1.36 bits per heavy atom. The summed E-state index contributed by atoms with van der Waals surface area (Å²) in [6.07, 6.45) is 5.57. The first-order valence-electron chi connectivity index (χ1n) is 4.78. The van der Waals surface area contributed by atoms with E-state index < -0.39 is 0 Å². The van der Waals surface area contributed by atoms with Crippen LogP contribution in [-0.2, 0) is 0 Å². The van der Waals surface area contributed by atoms with Crippen molar-refractivity contribution in [3.63, 3.8) is 0 Å². The van der Waals surface area contributed by atoms with Gasteiger partial charge < -0.3 is 0 Å². The molecule has 2 rings (SSSR count). The zero-order valence-electron chi connectivity index (χ0n) is 7.13. The third-order valence-corrected chi connectivity index (χ3v) is 2.61. The Morgan fingerprint density at radius 1 is 0.636 bits per heavy atom. The summed E-state index contributed by atoms with van der Waals surface area (Å²) in [6, 6.07) is 0. The van der Waals surface area contributed by atoms with Gasteiger partial charge in [-0.05, 0) is 25.7 Å². The van der Waals surface area contributed by atoms with Crippen molar-refractivity contribution < 1.29 is 5.53 Å². The molecule has 0 unspecified atom stereocenters. The number of rotatable bonds is 2. The molecule has 0 aromatic rings. The number of hydrogen-bond donors (Lipinski definition) is 1. The van der Waals surface area contributed by atoms with Crippen LogP contribution in [0, 0.1) is 0 Å². The highest BCUT2D eigenvalue weighted by molar-refractivity contribution is 4.57. The van der Waals surface area contributed by atoms with E-state index in [0.717, 1.165) is 0 Å². The highest BCUT2D eigenvalue weighted by Gasteiger charge is 2.20. The molecule has 0 amide bonds. The summed E-state index contributed by atoms with van der Waals surface area (Å²) in [6.45, 7) is 5.15. The quantitative estimate of drug-likeness (QED) is 0.548. The van der Waals surface area contributed by atoms with Gasteiger partial charge in [0.05, 0.1) is 0 Å². The molecule has 11 heavy (non-hydrogen) atoms. The molecule has 2 saturated heterocycles. The van der Waals surface area contributed by atoms with E-state index in [9.17, 15) is 0 Å². The second-order valence-corrected chi connectivity index (χ2v) is 3.60. The summed E-state index contributed by atoms with van der Waals surface area (Å²) in [4.78, 5) is 0. The lowest BCUT2D eigenvalue weighted by Crippen LogP contribution is -3.00. The first-order chi connectivity index (χ1) is 5.45. The zero-order valence-corrected chi connectivity index (χ0v) is 7.13. The molecule has 0 aliphatic carbocycles. The van der Waals surface area contributed by atoms with Gasteiger partial charge in [-0.3, -0.25) is 0 Å². The predicted molar refractivity (Wildman–Crippen MR) is 43.5 cm³/mol. The molecule has 0 aromatic heterocycles. The lowest BCUT2D eigenvalue weighted by atomic mass is 10.4. The van der Waals surface area contributed by atoms with Gasteiger partial charge >= 0.3 is 0 Å². The van der Waals surface area contributed by atoms with Crippen LogP contribution in [0.2, 0.25) is 0 Å². The van der Waals surface area contributed by atoms with Gasteiger partial charge in [-0.1, -0.05) is 0 Å². The maximum absolute atomic E-state index is 2.46. The maximum Gasteiger partial charge on any atom is 0.0495 e. The number of quaternary nitrogens is 1. The van der Waals surface area contributed by atoms with E-state index in [1.54, 1.807) is 0 Å². The predicted octanol–water partition coefficient (Wildman–Crippen LogP) is -0.429. The smallest absolute Gasteiger partial charge is 0.0495 e. The monoisotopic (exact) mass is 156 g/mol. The van der Waals surface area contributed by atoms with E-state index in [2.05, 4.69) is 15.6 Å². The van der Waals surface area contributed by atoms with Gasteiger partial charge in [0.1, 0.15) is 0 Å². The topological polar surface area (TPSA) is 23.1 Å². The SMILES string of the molecule is C1CCN([NH2+]N2CCCC2)C1. The van der Waals surface area contributed by atoms with Crippen LogP contribution in [0.3, 0.4) is 0 Å². The highest BCUT2D eigenvalue weighted by Crippen LogP contribution is 2.03. The van der Waals surface area contributed by atoms with Crippen LogP contribution in [0.15, 0.2) is 0 Å². The van der Waals surface area contributed by atoms with E-state index in [1.165, 1.54) is 51.9 Å². The molecule has 2 aliphatic heterocycles. The standard InChI is InChI=1S/C8H17N3/c1-2-6-10(5-1)9-11-7-3-4-8-11/h9H,1-8H2/p+1. The van der Waals surface area contributed by atoms with Gasteiger partial charge in [0.15, 0.2) is 0 Å². The Hall–Kier alpha value is -0.120. The fourth-order valence-corrected chi connectivity index (χ4v) is 1.95. The van der Waals surface area contributed by atoms with Crippen molar-refractivity contribution in [3.05, 3.63) is 0 Å². The van der Waals surface area contributed by atoms with Crippen molar-refractivity contribution >= 4 is 0 Å². The van der Waals surface area contributed by atoms with Crippen LogP contribution in [-0.4, -0.2) is 36.2 Å². The van der Waals surface area contributed by atoms with E-state index in [1.807, 2.05) is 0 Å². The lowest BCUT2D eigenvalue weighted by Gasteiger charge is -2.18. The first-order valence-corrected chi connectivity index (χ1v) is 4.78. The van der Waals surface area contributed by atoms with Gasteiger partial charge in [0.2, 0.25) is 0 Å². The highest BCUT2D eigenvalue weighted by atomic mass is 15.8. The minimum Gasteiger partial charge on any atom is -0.189 e. The van der Waals surface area contributed by atoms with Crippen molar-refractivity contribution in [3.8, 4) is 0 Å². The summed E-state index contributed by atoms with van der Waals surface area (Å²) < 4.78 is 0. The second kappa shape index (κ2) is 3.52. The van der Waals surface area contributed by atoms with Crippen molar-refractivity contribution in [2.24, 2.45) is 0 Å². The summed E-state index contributed by atoms with van der Waals surface area (Å²) in [5, 5.41) is 4.93. The molecule has 2 heterocycles. The molecule has 64 valence electrons. The number of nitrogens with zero attached hydrogens (tertiary/aromatic N) is 2. The fraction of sp³-hybridized carbons (Fsp3) is 1.00. The summed E-state index contributed by atoms with van der Waals surface area (Å²) in [5.74, 6) is 0. The normalized spacial score (nSPS) is 28.4. The maximum atomic E-state index is 2.46. The average Bonchev–Trinajstić information content (AvgIpc) is 2.60. The molecule has 0 spiro atoms. The summed E-state index contributed by atoms with van der Waals surface area (Å²) in [7, 11) is 0. The minimum atomic E-state index is 1.29. The summed E-state index contributed by atoms with van der Waals surface area (Å²) in [5.41, 5.74) is 2.35. The van der Waals surface area contributed by atoms with E-state index in [-0.39, 0.29) is 0 Å². The van der Waals surface area contributed by atoms with Gasteiger partial charge in [-0.25, -0.2) is 0 Å². The van der Waals surface area contributed by atoms with Crippen molar-refractivity contribution in [1.82, 2.24) is 10.0 Å². The van der Waals surface area contributed by atoms with E-state index in [4.69, 9.17) is 0 Å². The lowest BCUT2D eigenvalue weighted by molar-refractivity contribution is -0.918. The van der Waals surface area contributed by atoms with Crippen LogP contribution in [0.5, 0.6) is 0 Å². The Labute approximate surface area is 68.3 Å². The fourth-order valence-electron chi connectivity index (χ4n) is 1.95. The zero-order chi connectivity index (χ0) is 7.52. The van der Waals surface area contributed by atoms with Gasteiger partial charge in [-0.15, -0.1) is 10.0 Å². The largest absolute Gasteiger partial charge is 0.189 e. The van der Waals surface area contributed by atoms with Crippen LogP contribution in [0.4, 0.5) is 0 Å². The molecule has 0 bridgehead atoms. The van der Waals surface area contributed by atoms with E-state index in [0.29, 0.717) is 0 Å². The van der Waals surface area contributed by atoms with Gasteiger partial charge in [0.25, 0.3) is 0 Å². The molecule has 0 aromatic carbocycles. The Morgan fingerprint density at radius 2 is 1.00 bits per heavy atom. The Balaban J connectivity index is 1.71. The first kappa shape index (κ1) is 7.53. The molecule has 3 nitrogen and oxygen atoms in total. The van der Waals surface area contributed by atoms with Crippen LogP contribution < -0.4 is 5.53 Å². The van der Waals surface area contributed by atoms with Crippen molar-refractivity contribution in [1.29, 1.82) is 0 Å².